The number of nitro benzene ring substituents is 1. The van der Waals surface area contributed by atoms with Crippen LogP contribution in [0.1, 0.15) is 25.3 Å². The number of nitrogens with zero attached hydrogens (tertiary/aromatic N) is 2. The SMILES string of the molecule is CC(O)(CNC1CC1)COc1ccc(C#N)cc1[N+](=O)[O-]. The molecule has 2 N–H and O–H groups in total. The summed E-state index contributed by atoms with van der Waals surface area (Å²) in [7, 11) is 0. The highest BCUT2D eigenvalue weighted by Gasteiger charge is 2.28. The lowest BCUT2D eigenvalue weighted by Crippen LogP contribution is -2.43. The molecule has 0 bridgehead atoms. The van der Waals surface area contributed by atoms with Crippen LogP contribution >= 0.6 is 0 Å². The molecule has 0 heterocycles. The molecule has 1 saturated carbocycles. The highest BCUT2D eigenvalue weighted by molar-refractivity contribution is 5.51. The Morgan fingerprint density at radius 2 is 2.33 bits per heavy atom. The van der Waals surface area contributed by atoms with Crippen molar-refractivity contribution in [3.63, 3.8) is 0 Å². The molecule has 1 fully saturated rings. The van der Waals surface area contributed by atoms with Gasteiger partial charge in [0.05, 0.1) is 16.6 Å². The molecule has 7 nitrogen and oxygen atoms in total. The van der Waals surface area contributed by atoms with E-state index in [1.165, 1.54) is 12.1 Å². The Bertz CT molecular complexity index is 576. The van der Waals surface area contributed by atoms with E-state index in [1.54, 1.807) is 6.92 Å². The summed E-state index contributed by atoms with van der Waals surface area (Å²) in [6.45, 7) is 1.90. The number of hydrogen-bond acceptors (Lipinski definition) is 6. The first kappa shape index (κ1) is 15.2. The standard InChI is InChI=1S/C14H17N3O4/c1-14(18,8-16-11-3-4-11)9-21-13-5-2-10(7-15)6-12(13)17(19)20/h2,5-6,11,16,18H,3-4,8-9H2,1H3. The summed E-state index contributed by atoms with van der Waals surface area (Å²) in [5, 5.41) is 33.1. The first-order valence-corrected chi connectivity index (χ1v) is 6.68. The smallest absolute Gasteiger partial charge is 0.312 e. The number of nitro groups is 1. The van der Waals surface area contributed by atoms with Crippen LogP contribution in [0.2, 0.25) is 0 Å². The van der Waals surface area contributed by atoms with Crippen molar-refractivity contribution >= 4 is 5.69 Å². The van der Waals surface area contributed by atoms with Gasteiger partial charge in [-0.1, -0.05) is 0 Å². The van der Waals surface area contributed by atoms with Crippen LogP contribution in [0.3, 0.4) is 0 Å². The second kappa shape index (κ2) is 6.08. The van der Waals surface area contributed by atoms with Crippen LogP contribution in [0.5, 0.6) is 5.75 Å². The minimum atomic E-state index is -1.12. The number of rotatable bonds is 7. The minimum absolute atomic E-state index is 0.0469. The predicted octanol–water partition coefficient (Wildman–Crippen LogP) is 1.35. The minimum Gasteiger partial charge on any atom is -0.484 e. The van der Waals surface area contributed by atoms with Crippen molar-refractivity contribution in [2.45, 2.75) is 31.4 Å². The summed E-state index contributed by atoms with van der Waals surface area (Å²) in [6, 6.07) is 6.28. The average molecular weight is 291 g/mol. The number of nitriles is 1. The van der Waals surface area contributed by atoms with E-state index in [0.29, 0.717) is 12.6 Å². The van der Waals surface area contributed by atoms with Gasteiger partial charge in [0.2, 0.25) is 0 Å². The summed E-state index contributed by atoms with van der Waals surface area (Å²) in [5.41, 5.74) is -1.21. The van der Waals surface area contributed by atoms with E-state index < -0.39 is 10.5 Å². The fraction of sp³-hybridized carbons (Fsp3) is 0.500. The van der Waals surface area contributed by atoms with Gasteiger partial charge in [0, 0.05) is 18.7 Å². The molecule has 0 aromatic heterocycles. The first-order valence-electron chi connectivity index (χ1n) is 6.68. The predicted molar refractivity (Wildman–Crippen MR) is 75.0 cm³/mol. The van der Waals surface area contributed by atoms with Crippen molar-refractivity contribution in [3.05, 3.63) is 33.9 Å². The van der Waals surface area contributed by atoms with E-state index in [-0.39, 0.29) is 23.6 Å². The molecule has 7 heteroatoms. The van der Waals surface area contributed by atoms with Crippen LogP contribution < -0.4 is 10.1 Å². The molecule has 2 rings (SSSR count). The third kappa shape index (κ3) is 4.41. The van der Waals surface area contributed by atoms with Gasteiger partial charge >= 0.3 is 5.69 Å². The molecule has 0 radical (unpaired) electrons. The summed E-state index contributed by atoms with van der Waals surface area (Å²) < 4.78 is 5.37. The van der Waals surface area contributed by atoms with Crippen LogP contribution in [0.15, 0.2) is 18.2 Å². The van der Waals surface area contributed by atoms with Gasteiger partial charge in [-0.3, -0.25) is 10.1 Å². The maximum absolute atomic E-state index is 11.0. The zero-order chi connectivity index (χ0) is 15.5. The van der Waals surface area contributed by atoms with Gasteiger partial charge in [-0.15, -0.1) is 0 Å². The topological polar surface area (TPSA) is 108 Å². The average Bonchev–Trinajstić information content (AvgIpc) is 3.27. The van der Waals surface area contributed by atoms with E-state index in [9.17, 15) is 15.2 Å². The Morgan fingerprint density at radius 3 is 2.90 bits per heavy atom. The molecule has 0 amide bonds. The molecule has 1 aliphatic carbocycles. The molecule has 1 unspecified atom stereocenters. The summed E-state index contributed by atoms with van der Waals surface area (Å²) >= 11 is 0. The molecule has 0 aliphatic heterocycles. The molecule has 1 aliphatic rings. The third-order valence-electron chi connectivity index (χ3n) is 3.17. The number of benzene rings is 1. The zero-order valence-electron chi connectivity index (χ0n) is 11.7. The Morgan fingerprint density at radius 1 is 1.62 bits per heavy atom. The lowest BCUT2D eigenvalue weighted by Gasteiger charge is -2.23. The molecule has 21 heavy (non-hydrogen) atoms. The lowest BCUT2D eigenvalue weighted by molar-refractivity contribution is -0.386. The van der Waals surface area contributed by atoms with E-state index >= 15 is 0 Å². The zero-order valence-corrected chi connectivity index (χ0v) is 11.7. The quantitative estimate of drug-likeness (QED) is 0.580. The summed E-state index contributed by atoms with van der Waals surface area (Å²) in [5.74, 6) is 0.0469. The number of ether oxygens (including phenoxy) is 1. The van der Waals surface area contributed by atoms with Gasteiger partial charge in [-0.25, -0.2) is 0 Å². The normalized spacial score (nSPS) is 16.8. The summed E-state index contributed by atoms with van der Waals surface area (Å²) in [4.78, 5) is 10.4. The van der Waals surface area contributed by atoms with Crippen molar-refractivity contribution in [1.82, 2.24) is 5.32 Å². The van der Waals surface area contributed by atoms with Crippen molar-refractivity contribution < 1.29 is 14.8 Å². The van der Waals surface area contributed by atoms with Gasteiger partial charge < -0.3 is 15.2 Å². The first-order chi connectivity index (χ1) is 9.91. The van der Waals surface area contributed by atoms with Crippen LogP contribution in [-0.2, 0) is 0 Å². The van der Waals surface area contributed by atoms with Crippen LogP contribution in [-0.4, -0.2) is 34.8 Å². The molecule has 112 valence electrons. The number of nitrogens with one attached hydrogen (secondary N) is 1. The number of hydrogen-bond donors (Lipinski definition) is 2. The van der Waals surface area contributed by atoms with E-state index in [0.717, 1.165) is 18.9 Å². The van der Waals surface area contributed by atoms with Gasteiger partial charge in [0.25, 0.3) is 0 Å². The van der Waals surface area contributed by atoms with Gasteiger partial charge in [0.1, 0.15) is 12.2 Å². The van der Waals surface area contributed by atoms with Gasteiger partial charge in [-0.2, -0.15) is 5.26 Å². The summed E-state index contributed by atoms with van der Waals surface area (Å²) in [6.07, 6.45) is 2.22. The molecule has 1 aromatic rings. The molecule has 1 atom stereocenters. The van der Waals surface area contributed by atoms with Crippen molar-refractivity contribution in [1.29, 1.82) is 5.26 Å². The van der Waals surface area contributed by atoms with E-state index in [4.69, 9.17) is 10.00 Å². The fourth-order valence-corrected chi connectivity index (χ4v) is 1.79. The fourth-order valence-electron chi connectivity index (χ4n) is 1.79. The second-order valence-corrected chi connectivity index (χ2v) is 5.49. The van der Waals surface area contributed by atoms with Gasteiger partial charge in [-0.05, 0) is 31.9 Å². The van der Waals surface area contributed by atoms with Crippen LogP contribution in [0.4, 0.5) is 5.69 Å². The second-order valence-electron chi connectivity index (χ2n) is 5.49. The Kier molecular flexibility index (Phi) is 4.40. The van der Waals surface area contributed by atoms with E-state index in [2.05, 4.69) is 5.32 Å². The van der Waals surface area contributed by atoms with E-state index in [1.807, 2.05) is 6.07 Å². The molecule has 0 saturated heterocycles. The van der Waals surface area contributed by atoms with Crippen molar-refractivity contribution in [3.8, 4) is 11.8 Å². The largest absolute Gasteiger partial charge is 0.484 e. The highest BCUT2D eigenvalue weighted by atomic mass is 16.6. The Hall–Kier alpha value is -2.17. The van der Waals surface area contributed by atoms with Crippen molar-refractivity contribution in [2.75, 3.05) is 13.2 Å². The molecule has 0 spiro atoms. The lowest BCUT2D eigenvalue weighted by atomic mass is 10.1. The third-order valence-corrected chi connectivity index (χ3v) is 3.17. The maximum atomic E-state index is 11.0. The van der Waals surface area contributed by atoms with Crippen LogP contribution in [0.25, 0.3) is 0 Å². The Labute approximate surface area is 122 Å². The molecular weight excluding hydrogens is 274 g/mol. The Balaban J connectivity index is 2.01. The molecule has 1 aromatic carbocycles. The molecular formula is C14H17N3O4. The highest BCUT2D eigenvalue weighted by Crippen LogP contribution is 2.28. The maximum Gasteiger partial charge on any atom is 0.312 e. The van der Waals surface area contributed by atoms with Crippen LogP contribution in [0, 0.1) is 21.4 Å². The number of aliphatic hydroxyl groups is 1. The van der Waals surface area contributed by atoms with Gasteiger partial charge in [0.15, 0.2) is 5.75 Å². The monoisotopic (exact) mass is 291 g/mol. The van der Waals surface area contributed by atoms with Crippen molar-refractivity contribution in [2.24, 2.45) is 0 Å².